The van der Waals surface area contributed by atoms with Crippen LogP contribution in [0.25, 0.3) is 0 Å². The number of benzene rings is 1. The van der Waals surface area contributed by atoms with Gasteiger partial charge in [-0.2, -0.15) is 0 Å². The lowest BCUT2D eigenvalue weighted by Crippen LogP contribution is -2.33. The first kappa shape index (κ1) is 15.0. The van der Waals surface area contributed by atoms with E-state index in [-0.39, 0.29) is 17.7 Å². The van der Waals surface area contributed by atoms with Crippen LogP contribution in [0.3, 0.4) is 0 Å². The molecule has 0 saturated carbocycles. The van der Waals surface area contributed by atoms with E-state index in [9.17, 15) is 9.59 Å². The number of thioether (sulfide) groups is 1. The van der Waals surface area contributed by atoms with Crippen molar-refractivity contribution in [2.24, 2.45) is 0 Å². The summed E-state index contributed by atoms with van der Waals surface area (Å²) in [7, 11) is 3.72. The molecule has 1 saturated heterocycles. The molecule has 1 aromatic rings. The highest BCUT2D eigenvalue weighted by Gasteiger charge is 2.23. The second-order valence-electron chi connectivity index (χ2n) is 4.61. The van der Waals surface area contributed by atoms with Gasteiger partial charge in [0.2, 0.25) is 5.91 Å². The van der Waals surface area contributed by atoms with Crippen LogP contribution in [-0.2, 0) is 4.79 Å². The molecular formula is C13H16ClN3O2S. The van der Waals surface area contributed by atoms with E-state index >= 15 is 0 Å². The lowest BCUT2D eigenvalue weighted by molar-refractivity contribution is -0.116. The molecule has 20 heavy (non-hydrogen) atoms. The molecule has 1 heterocycles. The zero-order valence-corrected chi connectivity index (χ0v) is 12.9. The Bertz CT molecular complexity index is 536. The topological polar surface area (TPSA) is 52.7 Å². The molecule has 0 atom stereocenters. The van der Waals surface area contributed by atoms with E-state index < -0.39 is 0 Å². The number of nitrogens with one attached hydrogen (secondary N) is 1. The molecule has 5 nitrogen and oxygen atoms in total. The number of carbonyl (C=O) groups is 2. The molecule has 1 aliphatic heterocycles. The summed E-state index contributed by atoms with van der Waals surface area (Å²) >= 11 is 7.38. The molecule has 7 heteroatoms. The Kier molecular flexibility index (Phi) is 4.77. The van der Waals surface area contributed by atoms with Crippen molar-refractivity contribution in [3.05, 3.63) is 23.2 Å². The van der Waals surface area contributed by atoms with Crippen molar-refractivity contribution in [3.8, 4) is 0 Å². The van der Waals surface area contributed by atoms with Crippen molar-refractivity contribution in [3.63, 3.8) is 0 Å². The number of hydrogen-bond donors (Lipinski definition) is 1. The van der Waals surface area contributed by atoms with Crippen molar-refractivity contribution < 1.29 is 9.59 Å². The number of amides is 2. The van der Waals surface area contributed by atoms with E-state index in [1.54, 1.807) is 23.1 Å². The van der Waals surface area contributed by atoms with Crippen LogP contribution in [0, 0.1) is 0 Å². The van der Waals surface area contributed by atoms with Crippen LogP contribution in [0.5, 0.6) is 0 Å². The smallest absolute Gasteiger partial charge is 0.282 e. The van der Waals surface area contributed by atoms with Gasteiger partial charge in [0, 0.05) is 26.4 Å². The zero-order chi connectivity index (χ0) is 14.7. The van der Waals surface area contributed by atoms with Crippen LogP contribution < -0.4 is 10.2 Å². The van der Waals surface area contributed by atoms with E-state index in [1.807, 2.05) is 19.0 Å². The number of halogens is 1. The minimum absolute atomic E-state index is 0.0425. The molecule has 0 unspecified atom stereocenters. The maximum atomic E-state index is 12.0. The second kappa shape index (κ2) is 6.37. The summed E-state index contributed by atoms with van der Waals surface area (Å²) in [6.07, 6.45) is 0. The molecule has 1 aromatic carbocycles. The van der Waals surface area contributed by atoms with E-state index in [0.717, 1.165) is 11.4 Å². The Morgan fingerprint density at radius 3 is 2.85 bits per heavy atom. The average Bonchev–Trinajstić information content (AvgIpc) is 2.74. The van der Waals surface area contributed by atoms with Crippen LogP contribution in [0.4, 0.5) is 16.2 Å². The van der Waals surface area contributed by atoms with Gasteiger partial charge < -0.3 is 15.1 Å². The van der Waals surface area contributed by atoms with Crippen molar-refractivity contribution in [2.45, 2.75) is 0 Å². The van der Waals surface area contributed by atoms with Gasteiger partial charge in [0.1, 0.15) is 6.54 Å². The molecule has 0 spiro atoms. The third-order valence-electron chi connectivity index (χ3n) is 2.89. The fourth-order valence-electron chi connectivity index (χ4n) is 2.00. The highest BCUT2D eigenvalue weighted by Crippen LogP contribution is 2.32. The predicted molar refractivity (Wildman–Crippen MR) is 83.8 cm³/mol. The first-order chi connectivity index (χ1) is 9.49. The maximum Gasteiger partial charge on any atom is 0.282 e. The monoisotopic (exact) mass is 313 g/mol. The van der Waals surface area contributed by atoms with Gasteiger partial charge >= 0.3 is 0 Å². The van der Waals surface area contributed by atoms with Crippen LogP contribution in [0.1, 0.15) is 0 Å². The number of rotatable bonds is 4. The van der Waals surface area contributed by atoms with Gasteiger partial charge in [0.15, 0.2) is 0 Å². The SMILES string of the molecule is CN(C)c1c(Cl)cccc1NC(=O)CN1CCSC1=O. The van der Waals surface area contributed by atoms with Crippen LogP contribution >= 0.6 is 23.4 Å². The van der Waals surface area contributed by atoms with E-state index in [1.165, 1.54) is 11.8 Å². The molecular weight excluding hydrogens is 298 g/mol. The normalized spacial score (nSPS) is 14.6. The number of carbonyl (C=O) groups excluding carboxylic acids is 2. The van der Waals surface area contributed by atoms with Crippen molar-refractivity contribution >= 4 is 45.9 Å². The van der Waals surface area contributed by atoms with Gasteiger partial charge in [-0.15, -0.1) is 0 Å². The summed E-state index contributed by atoms with van der Waals surface area (Å²) in [5.74, 6) is 0.526. The van der Waals surface area contributed by atoms with Crippen LogP contribution in [-0.4, -0.2) is 49.0 Å². The lowest BCUT2D eigenvalue weighted by atomic mass is 10.2. The van der Waals surface area contributed by atoms with E-state index in [4.69, 9.17) is 11.6 Å². The Morgan fingerprint density at radius 2 is 2.25 bits per heavy atom. The Labute approximate surface area is 127 Å². The minimum atomic E-state index is -0.216. The quantitative estimate of drug-likeness (QED) is 0.928. The highest BCUT2D eigenvalue weighted by atomic mass is 35.5. The highest BCUT2D eigenvalue weighted by molar-refractivity contribution is 8.13. The van der Waals surface area contributed by atoms with Gasteiger partial charge in [-0.05, 0) is 12.1 Å². The van der Waals surface area contributed by atoms with Gasteiger partial charge in [0.05, 0.1) is 16.4 Å². The Hall–Kier alpha value is -1.40. The summed E-state index contributed by atoms with van der Waals surface area (Å²) in [6, 6.07) is 5.34. The molecule has 1 N–H and O–H groups in total. The first-order valence-electron chi connectivity index (χ1n) is 6.16. The second-order valence-corrected chi connectivity index (χ2v) is 6.07. The number of hydrogen-bond acceptors (Lipinski definition) is 4. The van der Waals surface area contributed by atoms with Gasteiger partial charge in [-0.25, -0.2) is 0 Å². The molecule has 0 bridgehead atoms. The fraction of sp³-hybridized carbons (Fsp3) is 0.385. The summed E-state index contributed by atoms with van der Waals surface area (Å²) in [5, 5.41) is 3.34. The molecule has 2 rings (SSSR count). The molecule has 108 valence electrons. The Balaban J connectivity index is 2.08. The average molecular weight is 314 g/mol. The molecule has 0 aromatic heterocycles. The molecule has 1 aliphatic rings. The zero-order valence-electron chi connectivity index (χ0n) is 11.4. The van der Waals surface area contributed by atoms with Crippen molar-refractivity contribution in [2.75, 3.05) is 43.2 Å². The predicted octanol–water partition coefficient (Wildman–Crippen LogP) is 2.51. The fourth-order valence-corrected chi connectivity index (χ4v) is 3.17. The largest absolute Gasteiger partial charge is 0.375 e. The molecule has 2 amide bonds. The summed E-state index contributed by atoms with van der Waals surface area (Å²) < 4.78 is 0. The number of anilines is 2. The Morgan fingerprint density at radius 1 is 1.50 bits per heavy atom. The van der Waals surface area contributed by atoms with Crippen LogP contribution in [0.15, 0.2) is 18.2 Å². The molecule has 1 fully saturated rings. The third-order valence-corrected chi connectivity index (χ3v) is 4.08. The molecule has 0 radical (unpaired) electrons. The van der Waals surface area contributed by atoms with Gasteiger partial charge in [-0.3, -0.25) is 9.59 Å². The van der Waals surface area contributed by atoms with Gasteiger partial charge in [0.25, 0.3) is 5.24 Å². The van der Waals surface area contributed by atoms with Crippen molar-refractivity contribution in [1.82, 2.24) is 4.90 Å². The van der Waals surface area contributed by atoms with Gasteiger partial charge in [-0.1, -0.05) is 29.4 Å². The number of para-hydroxylation sites is 1. The standard InChI is InChI=1S/C13H16ClN3O2S/c1-16(2)12-9(14)4-3-5-10(12)15-11(18)8-17-6-7-20-13(17)19/h3-5H,6-8H2,1-2H3,(H,15,18). The summed E-state index contributed by atoms with van der Waals surface area (Å²) in [5.41, 5.74) is 1.40. The van der Waals surface area contributed by atoms with Crippen LogP contribution in [0.2, 0.25) is 5.02 Å². The lowest BCUT2D eigenvalue weighted by Gasteiger charge is -2.20. The molecule has 0 aliphatic carbocycles. The summed E-state index contributed by atoms with van der Waals surface area (Å²) in [6.45, 7) is 0.693. The third kappa shape index (κ3) is 3.37. The van der Waals surface area contributed by atoms with E-state index in [2.05, 4.69) is 5.32 Å². The van der Waals surface area contributed by atoms with Crippen molar-refractivity contribution in [1.29, 1.82) is 0 Å². The first-order valence-corrected chi connectivity index (χ1v) is 7.53. The minimum Gasteiger partial charge on any atom is -0.375 e. The van der Waals surface area contributed by atoms with E-state index in [0.29, 0.717) is 17.3 Å². The number of nitrogens with zero attached hydrogens (tertiary/aromatic N) is 2. The maximum absolute atomic E-state index is 12.0. The summed E-state index contributed by atoms with van der Waals surface area (Å²) in [4.78, 5) is 26.9.